The molecule has 1 aromatic carbocycles. The van der Waals surface area contributed by atoms with Crippen molar-refractivity contribution in [2.75, 3.05) is 0 Å². The predicted molar refractivity (Wildman–Crippen MR) is 57.0 cm³/mol. The van der Waals surface area contributed by atoms with Gasteiger partial charge in [0.25, 0.3) is 0 Å². The fraction of sp³-hybridized carbons (Fsp3) is 0.0909. The lowest BCUT2D eigenvalue weighted by Gasteiger charge is -2.01. The lowest BCUT2D eigenvalue weighted by molar-refractivity contribution is 1.17. The van der Waals surface area contributed by atoms with Gasteiger partial charge in [-0.3, -0.25) is 0 Å². The monoisotopic (exact) mass is 204 g/mol. The standard InChI is InChI=1S/C11H9ClN2/c12-5-9-2-1-3-10(4-9)11-6-13-8-14-7-11/h1-4,6-8H,5H2. The Hall–Kier alpha value is -1.41. The molecule has 0 aliphatic heterocycles. The lowest BCUT2D eigenvalue weighted by atomic mass is 10.1. The Labute approximate surface area is 87.6 Å². The third-order valence-electron chi connectivity index (χ3n) is 1.98. The van der Waals surface area contributed by atoms with Crippen LogP contribution in [0.25, 0.3) is 11.1 Å². The summed E-state index contributed by atoms with van der Waals surface area (Å²) in [4.78, 5) is 7.94. The Morgan fingerprint density at radius 3 is 2.57 bits per heavy atom. The summed E-state index contributed by atoms with van der Waals surface area (Å²) in [6.45, 7) is 0. The van der Waals surface area contributed by atoms with Crippen LogP contribution in [-0.2, 0) is 5.88 Å². The summed E-state index contributed by atoms with van der Waals surface area (Å²) in [6.07, 6.45) is 5.11. The van der Waals surface area contributed by atoms with E-state index >= 15 is 0 Å². The number of benzene rings is 1. The molecule has 0 atom stereocenters. The van der Waals surface area contributed by atoms with E-state index in [9.17, 15) is 0 Å². The van der Waals surface area contributed by atoms with Crippen molar-refractivity contribution >= 4 is 11.6 Å². The van der Waals surface area contributed by atoms with Gasteiger partial charge in [-0.2, -0.15) is 0 Å². The third-order valence-corrected chi connectivity index (χ3v) is 2.28. The first-order chi connectivity index (χ1) is 6.90. The van der Waals surface area contributed by atoms with Crippen LogP contribution in [0.1, 0.15) is 5.56 Å². The van der Waals surface area contributed by atoms with E-state index in [1.54, 1.807) is 12.4 Å². The van der Waals surface area contributed by atoms with Crippen LogP contribution in [0.5, 0.6) is 0 Å². The zero-order valence-electron chi connectivity index (χ0n) is 7.52. The Balaban J connectivity index is 2.42. The van der Waals surface area contributed by atoms with Crippen LogP contribution in [0.2, 0.25) is 0 Å². The molecule has 0 amide bonds. The van der Waals surface area contributed by atoms with Crippen LogP contribution in [0.15, 0.2) is 43.0 Å². The van der Waals surface area contributed by atoms with Crippen molar-refractivity contribution in [3.05, 3.63) is 48.5 Å². The van der Waals surface area contributed by atoms with Gasteiger partial charge in [-0.15, -0.1) is 11.6 Å². The zero-order chi connectivity index (χ0) is 9.80. The minimum atomic E-state index is 0.529. The normalized spacial score (nSPS) is 10.1. The highest BCUT2D eigenvalue weighted by molar-refractivity contribution is 6.17. The summed E-state index contributed by atoms with van der Waals surface area (Å²) < 4.78 is 0. The smallest absolute Gasteiger partial charge is 0.115 e. The number of aromatic nitrogens is 2. The number of nitrogens with zero attached hydrogens (tertiary/aromatic N) is 2. The highest BCUT2D eigenvalue weighted by Gasteiger charge is 1.98. The number of hydrogen-bond donors (Lipinski definition) is 0. The summed E-state index contributed by atoms with van der Waals surface area (Å²) >= 11 is 5.76. The molecule has 0 bridgehead atoms. The number of rotatable bonds is 2. The van der Waals surface area contributed by atoms with Gasteiger partial charge in [-0.05, 0) is 17.2 Å². The maximum absolute atomic E-state index is 5.76. The zero-order valence-corrected chi connectivity index (χ0v) is 8.28. The SMILES string of the molecule is ClCc1cccc(-c2cncnc2)c1. The van der Waals surface area contributed by atoms with Crippen molar-refractivity contribution in [1.29, 1.82) is 0 Å². The average Bonchev–Trinajstić information content (AvgIpc) is 2.30. The summed E-state index contributed by atoms with van der Waals surface area (Å²) in [7, 11) is 0. The van der Waals surface area contributed by atoms with Crippen molar-refractivity contribution in [3.63, 3.8) is 0 Å². The van der Waals surface area contributed by atoms with Gasteiger partial charge in [0.2, 0.25) is 0 Å². The van der Waals surface area contributed by atoms with Gasteiger partial charge in [0.1, 0.15) is 6.33 Å². The van der Waals surface area contributed by atoms with E-state index < -0.39 is 0 Å². The largest absolute Gasteiger partial charge is 0.244 e. The molecule has 70 valence electrons. The van der Waals surface area contributed by atoms with Crippen molar-refractivity contribution in [2.45, 2.75) is 5.88 Å². The molecule has 14 heavy (non-hydrogen) atoms. The number of halogens is 1. The molecule has 0 radical (unpaired) electrons. The van der Waals surface area contributed by atoms with Crippen LogP contribution in [-0.4, -0.2) is 9.97 Å². The molecule has 0 saturated heterocycles. The minimum Gasteiger partial charge on any atom is -0.244 e. The molecule has 0 aliphatic carbocycles. The number of alkyl halides is 1. The summed E-state index contributed by atoms with van der Waals surface area (Å²) in [6, 6.07) is 8.06. The molecule has 0 unspecified atom stereocenters. The quantitative estimate of drug-likeness (QED) is 0.703. The molecular formula is C11H9ClN2. The van der Waals surface area contributed by atoms with E-state index in [0.29, 0.717) is 5.88 Å². The molecule has 2 nitrogen and oxygen atoms in total. The summed E-state index contributed by atoms with van der Waals surface area (Å²) in [5, 5.41) is 0. The second kappa shape index (κ2) is 4.20. The number of hydrogen-bond acceptors (Lipinski definition) is 2. The van der Waals surface area contributed by atoms with Crippen molar-refractivity contribution < 1.29 is 0 Å². The van der Waals surface area contributed by atoms with E-state index in [1.807, 2.05) is 24.3 Å². The molecular weight excluding hydrogens is 196 g/mol. The molecule has 3 heteroatoms. The van der Waals surface area contributed by atoms with E-state index in [0.717, 1.165) is 16.7 Å². The van der Waals surface area contributed by atoms with Crippen molar-refractivity contribution in [2.24, 2.45) is 0 Å². The molecule has 1 aromatic heterocycles. The van der Waals surface area contributed by atoms with E-state index in [-0.39, 0.29) is 0 Å². The Morgan fingerprint density at radius 1 is 1.07 bits per heavy atom. The van der Waals surface area contributed by atoms with Crippen molar-refractivity contribution in [3.8, 4) is 11.1 Å². The van der Waals surface area contributed by atoms with E-state index in [1.165, 1.54) is 6.33 Å². The summed E-state index contributed by atoms with van der Waals surface area (Å²) in [5.41, 5.74) is 3.22. The lowest BCUT2D eigenvalue weighted by Crippen LogP contribution is -1.83. The van der Waals surface area contributed by atoms with Crippen LogP contribution in [0, 0.1) is 0 Å². The van der Waals surface area contributed by atoms with Gasteiger partial charge in [0, 0.05) is 23.8 Å². The predicted octanol–water partition coefficient (Wildman–Crippen LogP) is 2.88. The first-order valence-electron chi connectivity index (χ1n) is 4.30. The van der Waals surface area contributed by atoms with Crippen LogP contribution >= 0.6 is 11.6 Å². The van der Waals surface area contributed by atoms with Crippen molar-refractivity contribution in [1.82, 2.24) is 9.97 Å². The molecule has 2 rings (SSSR count). The molecule has 0 fully saturated rings. The molecule has 0 saturated carbocycles. The van der Waals surface area contributed by atoms with Crippen LogP contribution < -0.4 is 0 Å². The molecule has 2 aromatic rings. The minimum absolute atomic E-state index is 0.529. The maximum Gasteiger partial charge on any atom is 0.115 e. The molecule has 0 spiro atoms. The molecule has 0 N–H and O–H groups in total. The molecule has 1 heterocycles. The summed E-state index contributed by atoms with van der Waals surface area (Å²) in [5.74, 6) is 0.529. The van der Waals surface area contributed by atoms with Crippen LogP contribution in [0.3, 0.4) is 0 Å². The van der Waals surface area contributed by atoms with Gasteiger partial charge < -0.3 is 0 Å². The Bertz CT molecular complexity index is 415. The van der Waals surface area contributed by atoms with E-state index in [4.69, 9.17) is 11.6 Å². The van der Waals surface area contributed by atoms with Gasteiger partial charge in [-0.1, -0.05) is 18.2 Å². The van der Waals surface area contributed by atoms with Gasteiger partial charge >= 0.3 is 0 Å². The van der Waals surface area contributed by atoms with Gasteiger partial charge in [-0.25, -0.2) is 9.97 Å². The average molecular weight is 205 g/mol. The van der Waals surface area contributed by atoms with Gasteiger partial charge in [0.15, 0.2) is 0 Å². The highest BCUT2D eigenvalue weighted by Crippen LogP contribution is 2.18. The molecule has 0 aliphatic rings. The first kappa shape index (κ1) is 9.16. The third kappa shape index (κ3) is 1.91. The Morgan fingerprint density at radius 2 is 1.86 bits per heavy atom. The second-order valence-electron chi connectivity index (χ2n) is 2.96. The Kier molecular flexibility index (Phi) is 2.75. The fourth-order valence-corrected chi connectivity index (χ4v) is 1.45. The topological polar surface area (TPSA) is 25.8 Å². The van der Waals surface area contributed by atoms with Gasteiger partial charge in [0.05, 0.1) is 0 Å². The fourth-order valence-electron chi connectivity index (χ4n) is 1.28. The maximum atomic E-state index is 5.76. The first-order valence-corrected chi connectivity index (χ1v) is 4.84. The second-order valence-corrected chi connectivity index (χ2v) is 3.23. The highest BCUT2D eigenvalue weighted by atomic mass is 35.5. The van der Waals surface area contributed by atoms with Crippen LogP contribution in [0.4, 0.5) is 0 Å². The van der Waals surface area contributed by atoms with E-state index in [2.05, 4.69) is 9.97 Å².